The van der Waals surface area contributed by atoms with E-state index in [1.165, 1.54) is 0 Å². The number of carboxylic acid groups (broad SMARTS) is 1. The Morgan fingerprint density at radius 2 is 2.44 bits per heavy atom. The van der Waals surface area contributed by atoms with Crippen LogP contribution in [0.4, 0.5) is 0 Å². The van der Waals surface area contributed by atoms with Gasteiger partial charge < -0.3 is 10.4 Å². The predicted octanol–water partition coefficient (Wildman–Crippen LogP) is 0.599. The zero-order valence-electron chi connectivity index (χ0n) is 9.60. The van der Waals surface area contributed by atoms with Crippen LogP contribution in [-0.4, -0.2) is 33.9 Å². The second kappa shape index (κ2) is 4.25. The highest BCUT2D eigenvalue weighted by molar-refractivity contribution is 5.72. The minimum atomic E-state index is -0.725. The van der Waals surface area contributed by atoms with Crippen LogP contribution in [0.3, 0.4) is 0 Å². The Morgan fingerprint density at radius 3 is 3.06 bits per heavy atom. The first-order valence-electron chi connectivity index (χ1n) is 5.61. The molecular formula is C11H17N3O2. The van der Waals surface area contributed by atoms with E-state index in [1.54, 1.807) is 0 Å². The molecule has 2 unspecified atom stereocenters. The van der Waals surface area contributed by atoms with Crippen molar-refractivity contribution in [2.45, 2.75) is 26.3 Å². The lowest BCUT2D eigenvalue weighted by Crippen LogP contribution is -2.22. The summed E-state index contributed by atoms with van der Waals surface area (Å²) in [4.78, 5) is 11.1. The number of carboxylic acids is 1. The molecule has 0 radical (unpaired) electrons. The van der Waals surface area contributed by atoms with Gasteiger partial charge in [-0.3, -0.25) is 9.48 Å². The lowest BCUT2D eigenvalue weighted by atomic mass is 9.93. The van der Waals surface area contributed by atoms with Crippen LogP contribution in [0, 0.1) is 12.8 Å². The lowest BCUT2D eigenvalue weighted by Gasteiger charge is -2.15. The molecule has 1 aromatic rings. The van der Waals surface area contributed by atoms with E-state index < -0.39 is 5.97 Å². The van der Waals surface area contributed by atoms with Crippen LogP contribution < -0.4 is 5.32 Å². The first-order chi connectivity index (χ1) is 7.63. The van der Waals surface area contributed by atoms with Crippen LogP contribution in [-0.2, 0) is 11.3 Å². The molecule has 2 heterocycles. The Hall–Kier alpha value is -1.36. The first kappa shape index (κ1) is 11.1. The van der Waals surface area contributed by atoms with E-state index in [4.69, 9.17) is 5.11 Å². The molecule has 16 heavy (non-hydrogen) atoms. The summed E-state index contributed by atoms with van der Waals surface area (Å²) in [7, 11) is 0. The van der Waals surface area contributed by atoms with Gasteiger partial charge in [-0.2, -0.15) is 5.10 Å². The highest BCUT2D eigenvalue weighted by Gasteiger charge is 2.35. The monoisotopic (exact) mass is 223 g/mol. The third kappa shape index (κ3) is 1.82. The van der Waals surface area contributed by atoms with Crippen molar-refractivity contribution >= 4 is 5.97 Å². The van der Waals surface area contributed by atoms with Gasteiger partial charge >= 0.3 is 5.97 Å². The summed E-state index contributed by atoms with van der Waals surface area (Å²) in [5.74, 6) is -1.02. The van der Waals surface area contributed by atoms with Gasteiger partial charge in [-0.1, -0.05) is 0 Å². The second-order valence-electron chi connectivity index (χ2n) is 4.24. The summed E-state index contributed by atoms with van der Waals surface area (Å²) in [6, 6.07) is 2.00. The molecule has 0 aliphatic carbocycles. The zero-order chi connectivity index (χ0) is 11.7. The van der Waals surface area contributed by atoms with Crippen molar-refractivity contribution < 1.29 is 9.90 Å². The van der Waals surface area contributed by atoms with Crippen LogP contribution in [0.2, 0.25) is 0 Å². The predicted molar refractivity (Wildman–Crippen MR) is 59.4 cm³/mol. The Morgan fingerprint density at radius 1 is 1.69 bits per heavy atom. The number of aliphatic carboxylic acids is 1. The van der Waals surface area contributed by atoms with Crippen molar-refractivity contribution in [1.29, 1.82) is 0 Å². The summed E-state index contributed by atoms with van der Waals surface area (Å²) in [5, 5.41) is 16.7. The van der Waals surface area contributed by atoms with Crippen LogP contribution in [0.15, 0.2) is 6.07 Å². The number of rotatable bonds is 3. The fourth-order valence-electron chi connectivity index (χ4n) is 2.37. The van der Waals surface area contributed by atoms with Crippen molar-refractivity contribution in [2.75, 3.05) is 13.1 Å². The summed E-state index contributed by atoms with van der Waals surface area (Å²) >= 11 is 0. The Labute approximate surface area is 94.5 Å². The lowest BCUT2D eigenvalue weighted by molar-refractivity contribution is -0.141. The maximum atomic E-state index is 11.1. The zero-order valence-corrected chi connectivity index (χ0v) is 9.60. The van der Waals surface area contributed by atoms with Crippen LogP contribution >= 0.6 is 0 Å². The van der Waals surface area contributed by atoms with Crippen LogP contribution in [0.5, 0.6) is 0 Å². The minimum Gasteiger partial charge on any atom is -0.481 e. The van der Waals surface area contributed by atoms with Gasteiger partial charge in [0, 0.05) is 31.2 Å². The fraction of sp³-hybridized carbons (Fsp3) is 0.636. The average Bonchev–Trinajstić information content (AvgIpc) is 2.82. The molecule has 0 saturated carbocycles. The van der Waals surface area contributed by atoms with Crippen molar-refractivity contribution in [3.8, 4) is 0 Å². The number of aromatic nitrogens is 2. The number of hydrogen-bond donors (Lipinski definition) is 2. The Bertz CT molecular complexity index is 400. The number of hydrogen-bond acceptors (Lipinski definition) is 3. The molecule has 1 aromatic heterocycles. The van der Waals surface area contributed by atoms with Gasteiger partial charge in [-0.05, 0) is 19.9 Å². The summed E-state index contributed by atoms with van der Waals surface area (Å²) in [5.41, 5.74) is 1.99. The van der Waals surface area contributed by atoms with Gasteiger partial charge in [0.1, 0.15) is 0 Å². The molecule has 0 amide bonds. The van der Waals surface area contributed by atoms with Gasteiger partial charge in [0.25, 0.3) is 0 Å². The van der Waals surface area contributed by atoms with Gasteiger partial charge in [0.15, 0.2) is 0 Å². The minimum absolute atomic E-state index is 0.0404. The topological polar surface area (TPSA) is 67.2 Å². The molecule has 5 nitrogen and oxygen atoms in total. The molecule has 0 aromatic carbocycles. The highest BCUT2D eigenvalue weighted by Crippen LogP contribution is 2.28. The Kier molecular flexibility index (Phi) is 2.96. The number of aryl methyl sites for hydroxylation is 2. The molecular weight excluding hydrogens is 206 g/mol. The smallest absolute Gasteiger partial charge is 0.308 e. The quantitative estimate of drug-likeness (QED) is 0.787. The van der Waals surface area contributed by atoms with Crippen molar-refractivity contribution in [3.05, 3.63) is 17.5 Å². The van der Waals surface area contributed by atoms with Gasteiger partial charge in [-0.25, -0.2) is 0 Å². The van der Waals surface area contributed by atoms with Crippen molar-refractivity contribution in [3.63, 3.8) is 0 Å². The normalized spacial score (nSPS) is 24.9. The third-order valence-electron chi connectivity index (χ3n) is 3.14. The van der Waals surface area contributed by atoms with Crippen LogP contribution in [0.25, 0.3) is 0 Å². The molecule has 1 aliphatic heterocycles. The van der Waals surface area contributed by atoms with E-state index >= 15 is 0 Å². The maximum absolute atomic E-state index is 11.1. The molecule has 2 atom stereocenters. The van der Waals surface area contributed by atoms with Gasteiger partial charge in [0.05, 0.1) is 11.6 Å². The second-order valence-corrected chi connectivity index (χ2v) is 4.24. The molecule has 1 aliphatic rings. The molecule has 1 saturated heterocycles. The molecule has 0 spiro atoms. The van der Waals surface area contributed by atoms with E-state index in [0.717, 1.165) is 24.5 Å². The standard InChI is InChI=1S/C11H17N3O2/c1-3-14-10(4-7(2)13-14)8-5-12-6-9(8)11(15)16/h4,8-9,12H,3,5-6H2,1-2H3,(H,15,16). The molecule has 88 valence electrons. The summed E-state index contributed by atoms with van der Waals surface area (Å²) in [6.07, 6.45) is 0. The summed E-state index contributed by atoms with van der Waals surface area (Å²) in [6.45, 7) is 6.02. The molecule has 5 heteroatoms. The molecule has 1 fully saturated rings. The van der Waals surface area contributed by atoms with Crippen molar-refractivity contribution in [2.24, 2.45) is 5.92 Å². The summed E-state index contributed by atoms with van der Waals surface area (Å²) < 4.78 is 1.91. The molecule has 0 bridgehead atoms. The van der Waals surface area contributed by atoms with E-state index in [1.807, 2.05) is 24.6 Å². The SMILES string of the molecule is CCn1nc(C)cc1C1CNCC1C(=O)O. The average molecular weight is 223 g/mol. The van der Waals surface area contributed by atoms with Crippen LogP contribution in [0.1, 0.15) is 24.2 Å². The number of nitrogens with one attached hydrogen (secondary N) is 1. The van der Waals surface area contributed by atoms with E-state index in [0.29, 0.717) is 6.54 Å². The van der Waals surface area contributed by atoms with Gasteiger partial charge in [0.2, 0.25) is 0 Å². The highest BCUT2D eigenvalue weighted by atomic mass is 16.4. The van der Waals surface area contributed by atoms with Crippen molar-refractivity contribution in [1.82, 2.24) is 15.1 Å². The maximum Gasteiger partial charge on any atom is 0.308 e. The van der Waals surface area contributed by atoms with Gasteiger partial charge in [-0.15, -0.1) is 0 Å². The number of carbonyl (C=O) groups is 1. The fourth-order valence-corrected chi connectivity index (χ4v) is 2.37. The number of nitrogens with zero attached hydrogens (tertiary/aromatic N) is 2. The Balaban J connectivity index is 2.31. The first-order valence-corrected chi connectivity index (χ1v) is 5.61. The van der Waals surface area contributed by atoms with E-state index in [9.17, 15) is 4.79 Å². The van der Waals surface area contributed by atoms with E-state index in [2.05, 4.69) is 10.4 Å². The molecule has 2 N–H and O–H groups in total. The van der Waals surface area contributed by atoms with E-state index in [-0.39, 0.29) is 11.8 Å². The largest absolute Gasteiger partial charge is 0.481 e. The molecule has 2 rings (SSSR count). The third-order valence-corrected chi connectivity index (χ3v) is 3.14.